The third kappa shape index (κ3) is 6.66. The molecule has 7 heteroatoms. The third-order valence-corrected chi connectivity index (χ3v) is 4.71. The first-order chi connectivity index (χ1) is 12.7. The van der Waals surface area contributed by atoms with Gasteiger partial charge in [-0.05, 0) is 50.3 Å². The zero-order valence-electron chi connectivity index (χ0n) is 16.7. The zero-order chi connectivity index (χ0) is 20.0. The van der Waals surface area contributed by atoms with Crippen LogP contribution in [0.2, 0.25) is 0 Å². The van der Waals surface area contributed by atoms with Crippen molar-refractivity contribution in [1.29, 1.82) is 0 Å². The van der Waals surface area contributed by atoms with Crippen molar-refractivity contribution in [3.05, 3.63) is 24.0 Å². The minimum Gasteiger partial charge on any atom is -0.396 e. The largest absolute Gasteiger partial charge is 0.396 e. The Hall–Kier alpha value is -1.86. The predicted molar refractivity (Wildman–Crippen MR) is 106 cm³/mol. The fourth-order valence-corrected chi connectivity index (χ4v) is 3.36. The summed E-state index contributed by atoms with van der Waals surface area (Å²) in [6, 6.07) is 4.38. The van der Waals surface area contributed by atoms with E-state index in [2.05, 4.69) is 10.6 Å². The van der Waals surface area contributed by atoms with Crippen molar-refractivity contribution in [2.24, 2.45) is 5.41 Å². The van der Waals surface area contributed by atoms with Crippen LogP contribution in [0.15, 0.2) is 18.2 Å². The molecule has 1 aliphatic rings. The number of anilines is 2. The van der Waals surface area contributed by atoms with E-state index in [-0.39, 0.29) is 36.1 Å². The summed E-state index contributed by atoms with van der Waals surface area (Å²) in [6.07, 6.45) is 1.60. The van der Waals surface area contributed by atoms with Gasteiger partial charge in [-0.2, -0.15) is 0 Å². The highest BCUT2D eigenvalue weighted by molar-refractivity contribution is 5.89. The Kier molecular flexibility index (Phi) is 7.44. The van der Waals surface area contributed by atoms with E-state index in [0.717, 1.165) is 6.42 Å². The molecule has 1 aliphatic heterocycles. The fourth-order valence-electron chi connectivity index (χ4n) is 3.36. The summed E-state index contributed by atoms with van der Waals surface area (Å²) in [5.41, 5.74) is 0.822. The second-order valence-electron chi connectivity index (χ2n) is 8.13. The molecule has 2 amide bonds. The third-order valence-electron chi connectivity index (χ3n) is 4.71. The van der Waals surface area contributed by atoms with E-state index in [1.54, 1.807) is 12.1 Å². The molecular formula is C20H32FN3O3. The van der Waals surface area contributed by atoms with Gasteiger partial charge in [-0.3, -0.25) is 0 Å². The minimum atomic E-state index is -0.368. The summed E-state index contributed by atoms with van der Waals surface area (Å²) in [4.78, 5) is 14.1. The van der Waals surface area contributed by atoms with Gasteiger partial charge in [0.05, 0.1) is 17.9 Å². The number of ether oxygens (including phenoxy) is 1. The van der Waals surface area contributed by atoms with Crippen LogP contribution in [0.25, 0.3) is 0 Å². The van der Waals surface area contributed by atoms with Crippen LogP contribution in [0.1, 0.15) is 40.5 Å². The van der Waals surface area contributed by atoms with Crippen molar-refractivity contribution in [3.8, 4) is 0 Å². The molecule has 0 spiro atoms. The number of urea groups is 1. The van der Waals surface area contributed by atoms with Crippen LogP contribution >= 0.6 is 0 Å². The summed E-state index contributed by atoms with van der Waals surface area (Å²) in [5.74, 6) is -0.364. The summed E-state index contributed by atoms with van der Waals surface area (Å²) < 4.78 is 20.3. The number of amides is 2. The van der Waals surface area contributed by atoms with Crippen LogP contribution in [0, 0.1) is 11.2 Å². The van der Waals surface area contributed by atoms with E-state index in [9.17, 15) is 9.18 Å². The molecule has 3 N–H and O–H groups in total. The van der Waals surface area contributed by atoms with Crippen molar-refractivity contribution in [2.45, 2.75) is 52.7 Å². The summed E-state index contributed by atoms with van der Waals surface area (Å²) in [6.45, 7) is 9.90. The van der Waals surface area contributed by atoms with Crippen molar-refractivity contribution < 1.29 is 19.0 Å². The quantitative estimate of drug-likeness (QED) is 0.677. The minimum absolute atomic E-state index is 0.0471. The number of aliphatic hydroxyl groups is 1. The maximum absolute atomic E-state index is 14.6. The molecule has 1 saturated heterocycles. The van der Waals surface area contributed by atoms with Gasteiger partial charge in [0.15, 0.2) is 0 Å². The molecule has 0 aliphatic carbocycles. The summed E-state index contributed by atoms with van der Waals surface area (Å²) >= 11 is 0. The standard InChI is InChI=1S/C20H32FN3O3/c1-14-11-24(12-15(2)27-14)18-7-6-16(10-17(18)21)23-19(26)22-13-20(3,4)8-5-9-25/h6-7,10,14-15,25H,5,8-9,11-13H2,1-4H3,(H2,22,23,26)/t14-,15+. The van der Waals surface area contributed by atoms with Gasteiger partial charge in [-0.1, -0.05) is 13.8 Å². The monoisotopic (exact) mass is 381 g/mol. The molecule has 27 heavy (non-hydrogen) atoms. The fraction of sp³-hybridized carbons (Fsp3) is 0.650. The highest BCUT2D eigenvalue weighted by atomic mass is 19.1. The molecule has 0 aromatic heterocycles. The lowest BCUT2D eigenvalue weighted by atomic mass is 9.88. The molecular weight excluding hydrogens is 349 g/mol. The molecule has 2 rings (SSSR count). The SMILES string of the molecule is C[C@@H]1CN(c2ccc(NC(=O)NCC(C)(C)CCCO)cc2F)C[C@H](C)O1. The molecule has 1 aromatic rings. The lowest BCUT2D eigenvalue weighted by molar-refractivity contribution is -0.00539. The van der Waals surface area contributed by atoms with Gasteiger partial charge in [-0.15, -0.1) is 0 Å². The Morgan fingerprint density at radius 1 is 1.33 bits per heavy atom. The van der Waals surface area contributed by atoms with Crippen LogP contribution in [0.5, 0.6) is 0 Å². The maximum Gasteiger partial charge on any atom is 0.319 e. The molecule has 6 nitrogen and oxygen atoms in total. The Labute approximate surface area is 161 Å². The zero-order valence-corrected chi connectivity index (χ0v) is 16.7. The summed E-state index contributed by atoms with van der Waals surface area (Å²) in [5, 5.41) is 14.4. The smallest absolute Gasteiger partial charge is 0.319 e. The number of hydrogen-bond acceptors (Lipinski definition) is 4. The first-order valence-electron chi connectivity index (χ1n) is 9.56. The van der Waals surface area contributed by atoms with Crippen LogP contribution in [-0.4, -0.2) is 49.6 Å². The van der Waals surface area contributed by atoms with Gasteiger partial charge in [-0.25, -0.2) is 9.18 Å². The number of benzene rings is 1. The van der Waals surface area contributed by atoms with Crippen molar-refractivity contribution in [2.75, 3.05) is 36.5 Å². The predicted octanol–water partition coefficient (Wildman–Crippen LogP) is 3.36. The van der Waals surface area contributed by atoms with E-state index in [0.29, 0.717) is 37.4 Å². The van der Waals surface area contributed by atoms with Gasteiger partial charge in [0.1, 0.15) is 5.82 Å². The van der Waals surface area contributed by atoms with E-state index < -0.39 is 0 Å². The van der Waals surface area contributed by atoms with Gasteiger partial charge in [0, 0.05) is 31.9 Å². The number of hydrogen-bond donors (Lipinski definition) is 3. The highest BCUT2D eigenvalue weighted by Gasteiger charge is 2.24. The Bertz CT molecular complexity index is 629. The van der Waals surface area contributed by atoms with Crippen molar-refractivity contribution in [1.82, 2.24) is 5.32 Å². The van der Waals surface area contributed by atoms with E-state index in [1.807, 2.05) is 32.6 Å². The van der Waals surface area contributed by atoms with E-state index in [1.165, 1.54) is 6.07 Å². The molecule has 0 bridgehead atoms. The van der Waals surface area contributed by atoms with Crippen LogP contribution in [0.4, 0.5) is 20.6 Å². The number of nitrogens with zero attached hydrogens (tertiary/aromatic N) is 1. The van der Waals surface area contributed by atoms with Crippen molar-refractivity contribution in [3.63, 3.8) is 0 Å². The molecule has 0 radical (unpaired) electrons. The van der Waals surface area contributed by atoms with Crippen molar-refractivity contribution >= 4 is 17.4 Å². The number of rotatable bonds is 7. The molecule has 1 fully saturated rings. The number of halogens is 1. The summed E-state index contributed by atoms with van der Waals surface area (Å²) in [7, 11) is 0. The van der Waals surface area contributed by atoms with Crippen LogP contribution < -0.4 is 15.5 Å². The molecule has 0 unspecified atom stereocenters. The first kappa shape index (κ1) is 21.4. The molecule has 1 aromatic carbocycles. The maximum atomic E-state index is 14.6. The topological polar surface area (TPSA) is 73.8 Å². The number of aliphatic hydroxyl groups excluding tert-OH is 1. The second-order valence-corrected chi connectivity index (χ2v) is 8.13. The molecule has 0 saturated carbocycles. The number of morpholine rings is 1. The molecule has 2 atom stereocenters. The average Bonchev–Trinajstić information content (AvgIpc) is 2.57. The van der Waals surface area contributed by atoms with Gasteiger partial charge in [0.2, 0.25) is 0 Å². The van der Waals surface area contributed by atoms with E-state index >= 15 is 0 Å². The van der Waals surface area contributed by atoms with E-state index in [4.69, 9.17) is 9.84 Å². The first-order valence-corrected chi connectivity index (χ1v) is 9.56. The Balaban J connectivity index is 1.92. The van der Waals surface area contributed by atoms with Gasteiger partial charge >= 0.3 is 6.03 Å². The molecule has 1 heterocycles. The van der Waals surface area contributed by atoms with Crippen LogP contribution in [0.3, 0.4) is 0 Å². The lowest BCUT2D eigenvalue weighted by Gasteiger charge is -2.37. The normalized spacial score (nSPS) is 20.4. The lowest BCUT2D eigenvalue weighted by Crippen LogP contribution is -2.45. The highest BCUT2D eigenvalue weighted by Crippen LogP contribution is 2.26. The second kappa shape index (κ2) is 9.37. The Morgan fingerprint density at radius 2 is 2.00 bits per heavy atom. The van der Waals surface area contributed by atoms with Gasteiger partial charge in [0.25, 0.3) is 0 Å². The van der Waals surface area contributed by atoms with Crippen LogP contribution in [-0.2, 0) is 4.74 Å². The number of carbonyl (C=O) groups excluding carboxylic acids is 1. The average molecular weight is 381 g/mol. The molecule has 152 valence electrons. The Morgan fingerprint density at radius 3 is 2.59 bits per heavy atom. The number of nitrogens with one attached hydrogen (secondary N) is 2. The number of carbonyl (C=O) groups is 1. The van der Waals surface area contributed by atoms with Gasteiger partial charge < -0.3 is 25.4 Å².